The first-order valence-electron chi connectivity index (χ1n) is 9.67. The van der Waals surface area contributed by atoms with Crippen molar-refractivity contribution in [2.24, 2.45) is 0 Å². The number of rotatable bonds is 5. The lowest BCUT2D eigenvalue weighted by atomic mass is 10.1. The van der Waals surface area contributed by atoms with E-state index in [1.54, 1.807) is 20.8 Å². The van der Waals surface area contributed by atoms with Crippen molar-refractivity contribution in [1.29, 1.82) is 0 Å². The van der Waals surface area contributed by atoms with Crippen molar-refractivity contribution in [3.63, 3.8) is 0 Å². The van der Waals surface area contributed by atoms with Crippen molar-refractivity contribution >= 4 is 18.0 Å². The summed E-state index contributed by atoms with van der Waals surface area (Å²) in [5.41, 5.74) is 2.22. The molecule has 0 saturated carbocycles. The van der Waals surface area contributed by atoms with Gasteiger partial charge < -0.3 is 24.8 Å². The number of hydrogen-bond donors (Lipinski definition) is 3. The number of nitrogens with one attached hydrogen (secondary N) is 3. The molecule has 0 radical (unpaired) electrons. The van der Waals surface area contributed by atoms with Crippen molar-refractivity contribution in [2.75, 3.05) is 33.4 Å². The van der Waals surface area contributed by atoms with Crippen LogP contribution in [0, 0.1) is 0 Å². The van der Waals surface area contributed by atoms with Gasteiger partial charge in [-0.05, 0) is 33.6 Å². The molecular formula is C18H32N4O6. The maximum atomic E-state index is 13.1. The molecule has 0 aromatic heterocycles. The predicted molar refractivity (Wildman–Crippen MR) is 100 cm³/mol. The van der Waals surface area contributed by atoms with Crippen LogP contribution in [0.1, 0.15) is 40.0 Å². The SMILES string of the molecule is COC(=O)C1CCCN(C(=O)C(CC2CNCCO2)NC(=O)OC(C)(C)C)N1. The normalized spacial score (nSPS) is 24.2. The van der Waals surface area contributed by atoms with Gasteiger partial charge in [0, 0.05) is 26.1 Å². The van der Waals surface area contributed by atoms with Gasteiger partial charge in [-0.3, -0.25) is 14.6 Å². The number of hydrogen-bond acceptors (Lipinski definition) is 8. The Morgan fingerprint density at radius 1 is 1.32 bits per heavy atom. The van der Waals surface area contributed by atoms with Crippen molar-refractivity contribution in [3.05, 3.63) is 0 Å². The Bertz CT molecular complexity index is 559. The van der Waals surface area contributed by atoms with E-state index in [4.69, 9.17) is 14.2 Å². The third kappa shape index (κ3) is 6.92. The van der Waals surface area contributed by atoms with Gasteiger partial charge in [0.25, 0.3) is 5.91 Å². The molecule has 2 amide bonds. The summed E-state index contributed by atoms with van der Waals surface area (Å²) in [7, 11) is 1.31. The molecule has 2 aliphatic rings. The first kappa shape index (κ1) is 22.4. The molecule has 3 atom stereocenters. The van der Waals surface area contributed by atoms with Crippen LogP contribution in [0.15, 0.2) is 0 Å². The van der Waals surface area contributed by atoms with Crippen LogP contribution in [0.25, 0.3) is 0 Å². The summed E-state index contributed by atoms with van der Waals surface area (Å²) in [6.45, 7) is 7.59. The minimum Gasteiger partial charge on any atom is -0.468 e. The molecule has 10 heteroatoms. The van der Waals surface area contributed by atoms with Gasteiger partial charge in [0.15, 0.2) is 0 Å². The zero-order chi connectivity index (χ0) is 20.7. The topological polar surface area (TPSA) is 118 Å². The molecule has 0 aromatic rings. The van der Waals surface area contributed by atoms with E-state index < -0.39 is 29.7 Å². The summed E-state index contributed by atoms with van der Waals surface area (Å²) < 4.78 is 15.7. The summed E-state index contributed by atoms with van der Waals surface area (Å²) in [4.78, 5) is 37.2. The number of hydrazine groups is 1. The fraction of sp³-hybridized carbons (Fsp3) is 0.833. The summed E-state index contributed by atoms with van der Waals surface area (Å²) in [5, 5.41) is 7.25. The summed E-state index contributed by atoms with van der Waals surface area (Å²) in [6.07, 6.45) is 0.650. The molecule has 28 heavy (non-hydrogen) atoms. The number of esters is 1. The second-order valence-corrected chi connectivity index (χ2v) is 7.97. The maximum Gasteiger partial charge on any atom is 0.408 e. The van der Waals surface area contributed by atoms with Gasteiger partial charge in [-0.15, -0.1) is 0 Å². The Hall–Kier alpha value is -1.91. The Morgan fingerprint density at radius 3 is 2.68 bits per heavy atom. The number of carbonyl (C=O) groups excluding carboxylic acids is 3. The standard InChI is InChI=1S/C18H32N4O6/c1-18(2,3)28-17(25)20-14(10-12-11-19-7-9-27-12)15(23)22-8-5-6-13(21-22)16(24)26-4/h12-14,19,21H,5-11H2,1-4H3,(H,20,25). The zero-order valence-corrected chi connectivity index (χ0v) is 17.1. The first-order valence-corrected chi connectivity index (χ1v) is 9.67. The molecule has 0 aliphatic carbocycles. The number of morpholine rings is 1. The van der Waals surface area contributed by atoms with E-state index >= 15 is 0 Å². The molecule has 2 aliphatic heterocycles. The van der Waals surface area contributed by atoms with Crippen LogP contribution in [0.5, 0.6) is 0 Å². The molecule has 2 rings (SSSR count). The number of nitrogens with zero attached hydrogens (tertiary/aromatic N) is 1. The highest BCUT2D eigenvalue weighted by molar-refractivity contribution is 5.86. The number of amides is 2. The lowest BCUT2D eigenvalue weighted by molar-refractivity contribution is -0.150. The van der Waals surface area contributed by atoms with E-state index in [9.17, 15) is 14.4 Å². The molecule has 10 nitrogen and oxygen atoms in total. The highest BCUT2D eigenvalue weighted by Crippen LogP contribution is 2.14. The molecule has 3 N–H and O–H groups in total. The van der Waals surface area contributed by atoms with E-state index in [1.807, 2.05) is 0 Å². The second kappa shape index (κ2) is 10.0. The van der Waals surface area contributed by atoms with Crippen LogP contribution in [0.2, 0.25) is 0 Å². The molecule has 2 fully saturated rings. The van der Waals surface area contributed by atoms with Crippen molar-refractivity contribution in [3.8, 4) is 0 Å². The molecule has 0 spiro atoms. The lowest BCUT2D eigenvalue weighted by Crippen LogP contribution is -2.61. The summed E-state index contributed by atoms with van der Waals surface area (Å²) in [5.74, 6) is -0.761. The fourth-order valence-corrected chi connectivity index (χ4v) is 3.15. The van der Waals surface area contributed by atoms with Gasteiger partial charge in [0.2, 0.25) is 0 Å². The third-order valence-electron chi connectivity index (χ3n) is 4.43. The van der Waals surface area contributed by atoms with Crippen LogP contribution in [0.3, 0.4) is 0 Å². The lowest BCUT2D eigenvalue weighted by Gasteiger charge is -2.36. The maximum absolute atomic E-state index is 13.1. The van der Waals surface area contributed by atoms with Gasteiger partial charge in [-0.2, -0.15) is 0 Å². The van der Waals surface area contributed by atoms with Crippen LogP contribution in [-0.4, -0.2) is 80.1 Å². The second-order valence-electron chi connectivity index (χ2n) is 7.97. The van der Waals surface area contributed by atoms with E-state index in [1.165, 1.54) is 12.1 Å². The van der Waals surface area contributed by atoms with Crippen LogP contribution in [-0.2, 0) is 23.8 Å². The zero-order valence-electron chi connectivity index (χ0n) is 17.1. The average molecular weight is 400 g/mol. The van der Waals surface area contributed by atoms with E-state index in [-0.39, 0.29) is 12.0 Å². The number of carbonyl (C=O) groups is 3. The Morgan fingerprint density at radius 2 is 2.07 bits per heavy atom. The van der Waals surface area contributed by atoms with Gasteiger partial charge in [-0.1, -0.05) is 0 Å². The van der Waals surface area contributed by atoms with E-state index in [0.717, 1.165) is 6.54 Å². The minimum absolute atomic E-state index is 0.209. The Balaban J connectivity index is 2.06. The van der Waals surface area contributed by atoms with E-state index in [0.29, 0.717) is 39.0 Å². The first-order chi connectivity index (χ1) is 13.2. The highest BCUT2D eigenvalue weighted by atomic mass is 16.6. The molecule has 3 unspecified atom stereocenters. The molecular weight excluding hydrogens is 368 g/mol. The third-order valence-corrected chi connectivity index (χ3v) is 4.43. The van der Waals surface area contributed by atoms with Crippen molar-refractivity contribution in [2.45, 2.75) is 63.8 Å². The van der Waals surface area contributed by atoms with Crippen molar-refractivity contribution < 1.29 is 28.6 Å². The quantitative estimate of drug-likeness (QED) is 0.549. The fourth-order valence-electron chi connectivity index (χ4n) is 3.15. The Kier molecular flexibility index (Phi) is 8.02. The molecule has 160 valence electrons. The Labute approximate surface area is 165 Å². The molecule has 0 bridgehead atoms. The largest absolute Gasteiger partial charge is 0.468 e. The van der Waals surface area contributed by atoms with Gasteiger partial charge >= 0.3 is 12.1 Å². The predicted octanol–water partition coefficient (Wildman–Crippen LogP) is -0.0732. The molecule has 0 aromatic carbocycles. The average Bonchev–Trinajstić information content (AvgIpc) is 2.65. The summed E-state index contributed by atoms with van der Waals surface area (Å²) in [6, 6.07) is -1.43. The number of alkyl carbamates (subject to hydrolysis) is 1. The number of ether oxygens (including phenoxy) is 3. The van der Waals surface area contributed by atoms with Gasteiger partial charge in [0.1, 0.15) is 17.7 Å². The van der Waals surface area contributed by atoms with Crippen molar-refractivity contribution in [1.82, 2.24) is 21.1 Å². The van der Waals surface area contributed by atoms with Gasteiger partial charge in [-0.25, -0.2) is 10.2 Å². The highest BCUT2D eigenvalue weighted by Gasteiger charge is 2.35. The van der Waals surface area contributed by atoms with Crippen LogP contribution < -0.4 is 16.1 Å². The van der Waals surface area contributed by atoms with Gasteiger partial charge in [0.05, 0.1) is 19.8 Å². The smallest absolute Gasteiger partial charge is 0.408 e. The van der Waals surface area contributed by atoms with E-state index in [2.05, 4.69) is 16.1 Å². The van der Waals surface area contributed by atoms with Crippen LogP contribution >= 0.6 is 0 Å². The minimum atomic E-state index is -0.844. The van der Waals surface area contributed by atoms with Crippen LogP contribution in [0.4, 0.5) is 4.79 Å². The molecule has 2 heterocycles. The summed E-state index contributed by atoms with van der Waals surface area (Å²) >= 11 is 0. The monoisotopic (exact) mass is 400 g/mol. The number of methoxy groups -OCH3 is 1. The molecule has 2 saturated heterocycles.